The fourth-order valence-electron chi connectivity index (χ4n) is 4.23. The summed E-state index contributed by atoms with van der Waals surface area (Å²) in [6.07, 6.45) is 4.11. The first-order chi connectivity index (χ1) is 14.7. The van der Waals surface area contributed by atoms with Gasteiger partial charge in [0, 0.05) is 19.0 Å². The zero-order valence-electron chi connectivity index (χ0n) is 16.3. The van der Waals surface area contributed by atoms with Crippen LogP contribution in [0.4, 0.5) is 0 Å². The summed E-state index contributed by atoms with van der Waals surface area (Å²) in [6.45, 7) is 0.550. The number of aromatic nitrogens is 6. The SMILES string of the molecule is Cn1c(=O)n(C2CCOc3ccccc32)c2nc(-n3cnc4ccccc43)ncc21. The quantitative estimate of drug-likeness (QED) is 0.457. The average Bonchev–Trinajstić information content (AvgIpc) is 3.32. The minimum Gasteiger partial charge on any atom is -0.493 e. The summed E-state index contributed by atoms with van der Waals surface area (Å²) in [4.78, 5) is 27.0. The van der Waals surface area contributed by atoms with Crippen molar-refractivity contribution < 1.29 is 4.74 Å². The topological polar surface area (TPSA) is 79.8 Å². The second kappa shape index (κ2) is 6.28. The zero-order chi connectivity index (χ0) is 20.2. The number of ether oxygens (including phenoxy) is 1. The molecule has 0 bridgehead atoms. The van der Waals surface area contributed by atoms with E-state index in [0.717, 1.165) is 22.3 Å². The molecule has 0 aliphatic carbocycles. The van der Waals surface area contributed by atoms with Gasteiger partial charge >= 0.3 is 5.69 Å². The predicted molar refractivity (Wildman–Crippen MR) is 112 cm³/mol. The standard InChI is InChI=1S/C22H18N6O2/c1-26-18-12-23-21(27-13-24-15-7-3-4-8-17(15)27)25-20(18)28(22(26)29)16-10-11-30-19-9-5-2-6-14(16)19/h2-9,12-13,16H,10-11H2,1H3. The molecule has 2 aromatic carbocycles. The van der Waals surface area contributed by atoms with Gasteiger partial charge in [0.1, 0.15) is 17.6 Å². The highest BCUT2D eigenvalue weighted by atomic mass is 16.5. The van der Waals surface area contributed by atoms with Gasteiger partial charge in [-0.05, 0) is 18.2 Å². The van der Waals surface area contributed by atoms with E-state index in [-0.39, 0.29) is 11.7 Å². The summed E-state index contributed by atoms with van der Waals surface area (Å²) in [5.41, 5.74) is 3.95. The van der Waals surface area contributed by atoms with E-state index in [1.165, 1.54) is 0 Å². The van der Waals surface area contributed by atoms with Gasteiger partial charge < -0.3 is 4.74 Å². The molecule has 0 radical (unpaired) electrons. The van der Waals surface area contributed by atoms with Crippen molar-refractivity contribution in [3.63, 3.8) is 0 Å². The predicted octanol–water partition coefficient (Wildman–Crippen LogP) is 2.84. The van der Waals surface area contributed by atoms with Crippen LogP contribution < -0.4 is 10.4 Å². The molecule has 1 atom stereocenters. The molecule has 0 amide bonds. The van der Waals surface area contributed by atoms with Crippen molar-refractivity contribution in [3.8, 4) is 11.7 Å². The number of fused-ring (bicyclic) bond motifs is 3. The molecule has 0 saturated carbocycles. The van der Waals surface area contributed by atoms with Gasteiger partial charge in [0.25, 0.3) is 0 Å². The molecule has 8 heteroatoms. The third-order valence-electron chi connectivity index (χ3n) is 5.73. The van der Waals surface area contributed by atoms with Gasteiger partial charge in [0.05, 0.1) is 29.9 Å². The Hall–Kier alpha value is -3.94. The van der Waals surface area contributed by atoms with E-state index in [1.807, 2.05) is 53.1 Å². The smallest absolute Gasteiger partial charge is 0.330 e. The second-order valence-corrected chi connectivity index (χ2v) is 7.38. The second-order valence-electron chi connectivity index (χ2n) is 7.38. The molecular formula is C22H18N6O2. The van der Waals surface area contributed by atoms with Crippen LogP contribution in [0.25, 0.3) is 28.1 Å². The van der Waals surface area contributed by atoms with Gasteiger partial charge in [-0.3, -0.25) is 13.7 Å². The number of benzene rings is 2. The van der Waals surface area contributed by atoms with Gasteiger partial charge in [-0.2, -0.15) is 4.98 Å². The van der Waals surface area contributed by atoms with Crippen molar-refractivity contribution in [3.05, 3.63) is 77.1 Å². The van der Waals surface area contributed by atoms with E-state index in [9.17, 15) is 4.79 Å². The third kappa shape index (κ3) is 2.33. The summed E-state index contributed by atoms with van der Waals surface area (Å²) in [6, 6.07) is 15.5. The molecule has 8 nitrogen and oxygen atoms in total. The summed E-state index contributed by atoms with van der Waals surface area (Å²) in [7, 11) is 1.75. The fraction of sp³-hybridized carbons (Fsp3) is 0.182. The van der Waals surface area contributed by atoms with Gasteiger partial charge in [-0.25, -0.2) is 14.8 Å². The number of nitrogens with zero attached hydrogens (tertiary/aromatic N) is 6. The molecule has 4 heterocycles. The Bertz CT molecular complexity index is 1480. The van der Waals surface area contributed by atoms with Crippen LogP contribution in [-0.2, 0) is 7.05 Å². The third-order valence-corrected chi connectivity index (χ3v) is 5.73. The van der Waals surface area contributed by atoms with Crippen LogP contribution in [0.2, 0.25) is 0 Å². The largest absolute Gasteiger partial charge is 0.493 e. The fourth-order valence-corrected chi connectivity index (χ4v) is 4.23. The maximum Gasteiger partial charge on any atom is 0.330 e. The molecule has 1 aliphatic heterocycles. The number of imidazole rings is 2. The normalized spacial score (nSPS) is 16.0. The summed E-state index contributed by atoms with van der Waals surface area (Å²) < 4.78 is 11.0. The van der Waals surface area contributed by atoms with Crippen LogP contribution in [0.5, 0.6) is 5.75 Å². The van der Waals surface area contributed by atoms with Crippen LogP contribution >= 0.6 is 0 Å². The number of para-hydroxylation sites is 3. The van der Waals surface area contributed by atoms with Crippen LogP contribution in [0.3, 0.4) is 0 Å². The average molecular weight is 398 g/mol. The van der Waals surface area contributed by atoms with E-state index >= 15 is 0 Å². The monoisotopic (exact) mass is 398 g/mol. The highest BCUT2D eigenvalue weighted by Gasteiger charge is 2.28. The first-order valence-electron chi connectivity index (χ1n) is 9.80. The van der Waals surface area contributed by atoms with Crippen molar-refractivity contribution in [2.75, 3.05) is 6.61 Å². The maximum absolute atomic E-state index is 13.2. The Morgan fingerprint density at radius 2 is 1.87 bits per heavy atom. The molecule has 0 spiro atoms. The van der Waals surface area contributed by atoms with Gasteiger partial charge in [0.15, 0.2) is 5.65 Å². The molecule has 5 aromatic rings. The van der Waals surface area contributed by atoms with E-state index in [1.54, 1.807) is 28.7 Å². The molecule has 1 unspecified atom stereocenters. The van der Waals surface area contributed by atoms with Crippen LogP contribution in [0.1, 0.15) is 18.0 Å². The number of rotatable bonds is 2. The molecule has 6 rings (SSSR count). The van der Waals surface area contributed by atoms with Crippen LogP contribution in [0, 0.1) is 0 Å². The maximum atomic E-state index is 13.2. The van der Waals surface area contributed by atoms with Crippen molar-refractivity contribution in [2.24, 2.45) is 7.05 Å². The Balaban J connectivity index is 1.60. The number of hydrogen-bond donors (Lipinski definition) is 0. The summed E-state index contributed by atoms with van der Waals surface area (Å²) in [5.74, 6) is 1.29. The molecule has 0 N–H and O–H groups in total. The first kappa shape index (κ1) is 17.0. The van der Waals surface area contributed by atoms with Crippen molar-refractivity contribution in [2.45, 2.75) is 12.5 Å². The van der Waals surface area contributed by atoms with Crippen LogP contribution in [-0.4, -0.2) is 35.3 Å². The lowest BCUT2D eigenvalue weighted by atomic mass is 10.0. The number of hydrogen-bond acceptors (Lipinski definition) is 5. The van der Waals surface area contributed by atoms with E-state index in [2.05, 4.69) is 9.97 Å². The molecular weight excluding hydrogens is 380 g/mol. The molecule has 30 heavy (non-hydrogen) atoms. The molecule has 0 fully saturated rings. The Morgan fingerprint density at radius 1 is 1.03 bits per heavy atom. The molecule has 148 valence electrons. The molecule has 3 aromatic heterocycles. The van der Waals surface area contributed by atoms with Crippen molar-refractivity contribution in [1.82, 2.24) is 28.7 Å². The van der Waals surface area contributed by atoms with Gasteiger partial charge in [-0.15, -0.1) is 0 Å². The van der Waals surface area contributed by atoms with Gasteiger partial charge in [-0.1, -0.05) is 30.3 Å². The summed E-state index contributed by atoms with van der Waals surface area (Å²) >= 11 is 0. The Labute approximate surface area is 171 Å². The minimum absolute atomic E-state index is 0.117. The number of aryl methyl sites for hydroxylation is 1. The van der Waals surface area contributed by atoms with E-state index in [4.69, 9.17) is 9.72 Å². The lowest BCUT2D eigenvalue weighted by Gasteiger charge is -2.26. The molecule has 0 saturated heterocycles. The Kier molecular flexibility index (Phi) is 3.55. The lowest BCUT2D eigenvalue weighted by molar-refractivity contribution is 0.256. The van der Waals surface area contributed by atoms with Crippen LogP contribution in [0.15, 0.2) is 65.8 Å². The van der Waals surface area contributed by atoms with Crippen molar-refractivity contribution in [1.29, 1.82) is 0 Å². The first-order valence-corrected chi connectivity index (χ1v) is 9.80. The highest BCUT2D eigenvalue weighted by molar-refractivity contribution is 5.77. The lowest BCUT2D eigenvalue weighted by Crippen LogP contribution is -2.30. The van der Waals surface area contributed by atoms with Crippen molar-refractivity contribution >= 4 is 22.2 Å². The van der Waals surface area contributed by atoms with E-state index < -0.39 is 0 Å². The zero-order valence-corrected chi connectivity index (χ0v) is 16.3. The highest BCUT2D eigenvalue weighted by Crippen LogP contribution is 2.35. The minimum atomic E-state index is -0.145. The van der Waals surface area contributed by atoms with E-state index in [0.29, 0.717) is 30.1 Å². The van der Waals surface area contributed by atoms with Gasteiger partial charge in [0.2, 0.25) is 5.95 Å². The summed E-state index contributed by atoms with van der Waals surface area (Å²) in [5, 5.41) is 0. The Morgan fingerprint density at radius 3 is 2.80 bits per heavy atom. The molecule has 1 aliphatic rings.